The van der Waals surface area contributed by atoms with E-state index in [4.69, 9.17) is 4.74 Å². The lowest BCUT2D eigenvalue weighted by molar-refractivity contribution is -0.189. The van der Waals surface area contributed by atoms with E-state index in [-0.39, 0.29) is 6.10 Å². The summed E-state index contributed by atoms with van der Waals surface area (Å²) in [5.74, 6) is 0. The van der Waals surface area contributed by atoms with E-state index in [9.17, 15) is 4.53 Å². The third-order valence-electron chi connectivity index (χ3n) is 3.35. The molecule has 1 aliphatic rings. The van der Waals surface area contributed by atoms with Gasteiger partial charge in [-0.15, -0.1) is 0 Å². The van der Waals surface area contributed by atoms with Crippen LogP contribution in [0.3, 0.4) is 0 Å². The summed E-state index contributed by atoms with van der Waals surface area (Å²) in [5.41, 5.74) is 0. The molecule has 0 radical (unpaired) electrons. The summed E-state index contributed by atoms with van der Waals surface area (Å²) in [6.07, 6.45) is 0.434. The SMILES string of the molecule is CCN(CC)CCC(CN1CCOCC1)OF. The van der Waals surface area contributed by atoms with Crippen molar-refractivity contribution in [3.63, 3.8) is 0 Å². The molecular weight excluding hydrogens is 223 g/mol. The molecule has 5 heteroatoms. The van der Waals surface area contributed by atoms with E-state index in [0.717, 1.165) is 52.4 Å². The molecule has 1 unspecified atom stereocenters. The van der Waals surface area contributed by atoms with Gasteiger partial charge in [0.25, 0.3) is 0 Å². The van der Waals surface area contributed by atoms with Gasteiger partial charge in [0.2, 0.25) is 0 Å². The van der Waals surface area contributed by atoms with Gasteiger partial charge in [-0.2, -0.15) is 4.94 Å². The monoisotopic (exact) mass is 248 g/mol. The molecule has 102 valence electrons. The predicted octanol–water partition coefficient (Wildman–Crippen LogP) is 1.32. The third-order valence-corrected chi connectivity index (χ3v) is 3.35. The Labute approximate surface area is 104 Å². The van der Waals surface area contributed by atoms with Gasteiger partial charge in [-0.25, -0.2) is 0 Å². The zero-order valence-corrected chi connectivity index (χ0v) is 11.0. The highest BCUT2D eigenvalue weighted by Crippen LogP contribution is 2.06. The Morgan fingerprint density at radius 2 is 1.94 bits per heavy atom. The van der Waals surface area contributed by atoms with E-state index >= 15 is 0 Å². The summed E-state index contributed by atoms with van der Waals surface area (Å²) in [6, 6.07) is 0. The van der Waals surface area contributed by atoms with Crippen molar-refractivity contribution in [1.82, 2.24) is 9.80 Å². The van der Waals surface area contributed by atoms with Gasteiger partial charge < -0.3 is 9.64 Å². The first-order chi connectivity index (χ1) is 8.30. The molecule has 1 rings (SSSR count). The average molecular weight is 248 g/mol. The second kappa shape index (κ2) is 8.80. The number of ether oxygens (including phenoxy) is 1. The van der Waals surface area contributed by atoms with Crippen LogP contribution < -0.4 is 0 Å². The maximum absolute atomic E-state index is 12.5. The molecule has 0 aromatic heterocycles. The summed E-state index contributed by atoms with van der Waals surface area (Å²) < 4.78 is 17.8. The smallest absolute Gasteiger partial charge is 0.112 e. The maximum Gasteiger partial charge on any atom is 0.112 e. The van der Waals surface area contributed by atoms with E-state index in [2.05, 4.69) is 28.6 Å². The topological polar surface area (TPSA) is 24.9 Å². The summed E-state index contributed by atoms with van der Waals surface area (Å²) in [6.45, 7) is 11.1. The predicted molar refractivity (Wildman–Crippen MR) is 65.6 cm³/mol. The highest BCUT2D eigenvalue weighted by atomic mass is 19.3. The van der Waals surface area contributed by atoms with E-state index in [0.29, 0.717) is 6.54 Å². The minimum absolute atomic E-state index is 0.311. The zero-order valence-electron chi connectivity index (χ0n) is 11.0. The van der Waals surface area contributed by atoms with Crippen molar-refractivity contribution in [2.75, 3.05) is 52.5 Å². The Morgan fingerprint density at radius 3 is 2.47 bits per heavy atom. The molecule has 1 fully saturated rings. The van der Waals surface area contributed by atoms with Crippen LogP contribution in [0.25, 0.3) is 0 Å². The summed E-state index contributed by atoms with van der Waals surface area (Å²) in [7, 11) is 0. The fourth-order valence-corrected chi connectivity index (χ4v) is 2.10. The molecule has 1 aliphatic heterocycles. The van der Waals surface area contributed by atoms with E-state index in [1.807, 2.05) is 0 Å². The number of rotatable bonds is 8. The highest BCUT2D eigenvalue weighted by Gasteiger charge is 2.18. The first kappa shape index (κ1) is 14.8. The molecule has 0 bridgehead atoms. The highest BCUT2D eigenvalue weighted by molar-refractivity contribution is 4.69. The Bertz CT molecular complexity index is 185. The van der Waals surface area contributed by atoms with Gasteiger partial charge in [-0.1, -0.05) is 13.8 Å². The summed E-state index contributed by atoms with van der Waals surface area (Å²) in [5, 5.41) is 0. The Balaban J connectivity index is 2.22. The van der Waals surface area contributed by atoms with Gasteiger partial charge in [-0.3, -0.25) is 4.90 Å². The van der Waals surface area contributed by atoms with E-state index in [1.54, 1.807) is 0 Å². The van der Waals surface area contributed by atoms with Crippen molar-refractivity contribution in [2.24, 2.45) is 0 Å². The molecule has 0 aromatic rings. The molecule has 0 spiro atoms. The van der Waals surface area contributed by atoms with E-state index in [1.165, 1.54) is 0 Å². The summed E-state index contributed by atoms with van der Waals surface area (Å²) in [4.78, 5) is 8.57. The number of hydrogen-bond donors (Lipinski definition) is 0. The molecule has 4 nitrogen and oxygen atoms in total. The second-order valence-electron chi connectivity index (χ2n) is 4.44. The lowest BCUT2D eigenvalue weighted by atomic mass is 10.2. The molecule has 1 saturated heterocycles. The molecule has 0 aromatic carbocycles. The van der Waals surface area contributed by atoms with Crippen LogP contribution >= 0.6 is 0 Å². The number of hydrogen-bond acceptors (Lipinski definition) is 4. The van der Waals surface area contributed by atoms with Gasteiger partial charge in [-0.05, 0) is 24.0 Å². The Hall–Kier alpha value is -0.230. The van der Waals surface area contributed by atoms with Crippen LogP contribution in [0.1, 0.15) is 20.3 Å². The van der Waals surface area contributed by atoms with Crippen molar-refractivity contribution in [1.29, 1.82) is 0 Å². The fourth-order valence-electron chi connectivity index (χ4n) is 2.10. The molecule has 0 N–H and O–H groups in total. The van der Waals surface area contributed by atoms with Crippen molar-refractivity contribution >= 4 is 0 Å². The molecule has 0 amide bonds. The average Bonchev–Trinajstić information content (AvgIpc) is 2.39. The van der Waals surface area contributed by atoms with Gasteiger partial charge in [0, 0.05) is 26.2 Å². The maximum atomic E-state index is 12.5. The van der Waals surface area contributed by atoms with Crippen molar-refractivity contribution in [3.05, 3.63) is 0 Å². The lowest BCUT2D eigenvalue weighted by Crippen LogP contribution is -2.42. The third kappa shape index (κ3) is 5.77. The van der Waals surface area contributed by atoms with Crippen LogP contribution in [-0.2, 0) is 9.68 Å². The van der Waals surface area contributed by atoms with Crippen molar-refractivity contribution in [3.8, 4) is 0 Å². The normalized spacial score (nSPS) is 19.8. The first-order valence-electron chi connectivity index (χ1n) is 6.60. The Morgan fingerprint density at radius 1 is 1.29 bits per heavy atom. The van der Waals surface area contributed by atoms with Crippen LogP contribution in [0.4, 0.5) is 4.53 Å². The quantitative estimate of drug-likeness (QED) is 0.647. The van der Waals surface area contributed by atoms with Crippen LogP contribution in [0.2, 0.25) is 0 Å². The first-order valence-corrected chi connectivity index (χ1v) is 6.60. The second-order valence-corrected chi connectivity index (χ2v) is 4.44. The van der Waals surface area contributed by atoms with Crippen LogP contribution in [0, 0.1) is 0 Å². The fraction of sp³-hybridized carbons (Fsp3) is 1.00. The largest absolute Gasteiger partial charge is 0.379 e. The summed E-state index contributed by atoms with van der Waals surface area (Å²) >= 11 is 0. The van der Waals surface area contributed by atoms with Gasteiger partial charge in [0.1, 0.15) is 6.10 Å². The number of halogens is 1. The Kier molecular flexibility index (Phi) is 7.68. The molecule has 0 saturated carbocycles. The van der Waals surface area contributed by atoms with Crippen LogP contribution in [-0.4, -0.2) is 68.4 Å². The minimum atomic E-state index is -0.311. The number of morpholine rings is 1. The lowest BCUT2D eigenvalue weighted by Gasteiger charge is -2.29. The van der Waals surface area contributed by atoms with E-state index < -0.39 is 0 Å². The molecule has 0 aliphatic carbocycles. The van der Waals surface area contributed by atoms with Gasteiger partial charge in [0.05, 0.1) is 13.2 Å². The van der Waals surface area contributed by atoms with Crippen LogP contribution in [0.15, 0.2) is 0 Å². The van der Waals surface area contributed by atoms with Gasteiger partial charge in [0.15, 0.2) is 0 Å². The van der Waals surface area contributed by atoms with Crippen LogP contribution in [0.5, 0.6) is 0 Å². The van der Waals surface area contributed by atoms with Crippen molar-refractivity contribution < 1.29 is 14.2 Å². The zero-order chi connectivity index (χ0) is 12.5. The number of nitrogens with zero attached hydrogens (tertiary/aromatic N) is 2. The molecule has 17 heavy (non-hydrogen) atoms. The standard InChI is InChI=1S/C12H25FN2O2/c1-3-14(4-2)6-5-12(17-13)11-15-7-9-16-10-8-15/h12H,3-11H2,1-2H3. The van der Waals surface area contributed by atoms with Crippen molar-refractivity contribution in [2.45, 2.75) is 26.4 Å². The minimum Gasteiger partial charge on any atom is -0.379 e. The molecule has 1 heterocycles. The van der Waals surface area contributed by atoms with Gasteiger partial charge >= 0.3 is 0 Å². The molecular formula is C12H25FN2O2. The molecule has 1 atom stereocenters.